The molecule has 2 rings (SSSR count). The predicted molar refractivity (Wildman–Crippen MR) is 75.2 cm³/mol. The Kier molecular flexibility index (Phi) is 3.55. The summed E-state index contributed by atoms with van der Waals surface area (Å²) < 4.78 is 0. The molecule has 0 spiro atoms. The molecule has 0 bridgehead atoms. The van der Waals surface area contributed by atoms with Crippen molar-refractivity contribution in [1.82, 2.24) is 4.98 Å². The fourth-order valence-electron chi connectivity index (χ4n) is 2.69. The van der Waals surface area contributed by atoms with Crippen LogP contribution in [0.25, 0.3) is 0 Å². The minimum absolute atomic E-state index is 0.100. The fraction of sp³-hybridized carbons (Fsp3) is 0.571. The Morgan fingerprint density at radius 3 is 2.78 bits per heavy atom. The predicted octanol–water partition coefficient (Wildman–Crippen LogP) is 2.30. The maximum atomic E-state index is 7.68. The van der Waals surface area contributed by atoms with Gasteiger partial charge in [-0.2, -0.15) is 0 Å². The second-order valence-corrected chi connectivity index (χ2v) is 5.41. The average molecular weight is 246 g/mol. The van der Waals surface area contributed by atoms with Gasteiger partial charge in [0.15, 0.2) is 0 Å². The van der Waals surface area contributed by atoms with E-state index in [9.17, 15) is 0 Å². The molecule has 1 aromatic rings. The van der Waals surface area contributed by atoms with Crippen molar-refractivity contribution in [3.8, 4) is 0 Å². The van der Waals surface area contributed by atoms with E-state index in [0.29, 0.717) is 6.04 Å². The summed E-state index contributed by atoms with van der Waals surface area (Å²) in [6.45, 7) is 7.50. The van der Waals surface area contributed by atoms with Crippen LogP contribution < -0.4 is 10.6 Å². The molecule has 98 valence electrons. The summed E-state index contributed by atoms with van der Waals surface area (Å²) in [5.74, 6) is 1.74. The standard InChI is InChI=1S/C14H22N4/c1-9-6-7-18(11(3)8-9)14-12(13(15)16)5-4-10(2)17-14/h4-5,9,11H,6-8H2,1-3H3,(H3,15,16). The van der Waals surface area contributed by atoms with Gasteiger partial charge in [0.2, 0.25) is 0 Å². The summed E-state index contributed by atoms with van der Waals surface area (Å²) in [6, 6.07) is 4.28. The van der Waals surface area contributed by atoms with Crippen molar-refractivity contribution in [2.75, 3.05) is 11.4 Å². The summed E-state index contributed by atoms with van der Waals surface area (Å²) >= 11 is 0. The number of rotatable bonds is 2. The first-order valence-electron chi connectivity index (χ1n) is 6.57. The van der Waals surface area contributed by atoms with E-state index in [-0.39, 0.29) is 5.84 Å². The molecule has 2 unspecified atom stereocenters. The summed E-state index contributed by atoms with van der Waals surface area (Å²) in [5.41, 5.74) is 7.39. The molecule has 1 aliphatic rings. The molecule has 3 N–H and O–H groups in total. The Balaban J connectivity index is 2.37. The van der Waals surface area contributed by atoms with Gasteiger partial charge in [0.05, 0.1) is 5.56 Å². The lowest BCUT2D eigenvalue weighted by Gasteiger charge is -2.38. The SMILES string of the molecule is Cc1ccc(C(=N)N)c(N2CCC(C)CC2C)n1. The normalized spacial score (nSPS) is 24.1. The van der Waals surface area contributed by atoms with Crippen LogP contribution in [-0.4, -0.2) is 23.4 Å². The molecule has 1 aliphatic heterocycles. The number of nitrogens with two attached hydrogens (primary N) is 1. The Bertz CT molecular complexity index is 455. The van der Waals surface area contributed by atoms with Gasteiger partial charge in [-0.15, -0.1) is 0 Å². The molecule has 0 saturated carbocycles. The van der Waals surface area contributed by atoms with Crippen molar-refractivity contribution in [3.63, 3.8) is 0 Å². The zero-order valence-corrected chi connectivity index (χ0v) is 11.4. The molecule has 2 heterocycles. The van der Waals surface area contributed by atoms with Crippen LogP contribution in [-0.2, 0) is 0 Å². The van der Waals surface area contributed by atoms with Crippen LogP contribution in [0.1, 0.15) is 37.9 Å². The highest BCUT2D eigenvalue weighted by atomic mass is 15.2. The number of nitrogens with one attached hydrogen (secondary N) is 1. The summed E-state index contributed by atoms with van der Waals surface area (Å²) in [5, 5.41) is 7.68. The lowest BCUT2D eigenvalue weighted by Crippen LogP contribution is -2.42. The van der Waals surface area contributed by atoms with Gasteiger partial charge in [0.25, 0.3) is 0 Å². The third kappa shape index (κ3) is 2.47. The Morgan fingerprint density at radius 1 is 1.44 bits per heavy atom. The van der Waals surface area contributed by atoms with Gasteiger partial charge in [-0.05, 0) is 44.7 Å². The highest BCUT2D eigenvalue weighted by Crippen LogP contribution is 2.28. The molecule has 4 nitrogen and oxygen atoms in total. The molecular weight excluding hydrogens is 224 g/mol. The smallest absolute Gasteiger partial charge is 0.140 e. The second kappa shape index (κ2) is 4.96. The Hall–Kier alpha value is -1.58. The number of nitrogen functional groups attached to an aromatic ring is 1. The van der Waals surface area contributed by atoms with Gasteiger partial charge < -0.3 is 10.6 Å². The number of hydrogen-bond donors (Lipinski definition) is 2. The van der Waals surface area contributed by atoms with Crippen LogP contribution in [0.5, 0.6) is 0 Å². The first-order valence-corrected chi connectivity index (χ1v) is 6.57. The monoisotopic (exact) mass is 246 g/mol. The van der Waals surface area contributed by atoms with E-state index in [1.807, 2.05) is 19.1 Å². The van der Waals surface area contributed by atoms with Crippen molar-refractivity contribution in [2.24, 2.45) is 11.7 Å². The molecule has 0 amide bonds. The first-order chi connectivity index (χ1) is 8.49. The van der Waals surface area contributed by atoms with E-state index in [0.717, 1.165) is 29.5 Å². The molecule has 2 atom stereocenters. The number of piperidine rings is 1. The summed E-state index contributed by atoms with van der Waals surface area (Å²) in [6.07, 6.45) is 2.35. The minimum atomic E-state index is 0.100. The number of aromatic nitrogens is 1. The average Bonchev–Trinajstić information content (AvgIpc) is 2.28. The van der Waals surface area contributed by atoms with Crippen LogP contribution in [0.15, 0.2) is 12.1 Å². The van der Waals surface area contributed by atoms with Crippen molar-refractivity contribution in [3.05, 3.63) is 23.4 Å². The number of aryl methyl sites for hydroxylation is 1. The van der Waals surface area contributed by atoms with Crippen molar-refractivity contribution in [1.29, 1.82) is 5.41 Å². The number of nitrogens with zero attached hydrogens (tertiary/aromatic N) is 2. The lowest BCUT2D eigenvalue weighted by molar-refractivity contribution is 0.376. The lowest BCUT2D eigenvalue weighted by atomic mass is 9.93. The topological polar surface area (TPSA) is 66.0 Å². The van der Waals surface area contributed by atoms with Crippen molar-refractivity contribution in [2.45, 2.75) is 39.7 Å². The summed E-state index contributed by atoms with van der Waals surface area (Å²) in [4.78, 5) is 6.89. The van der Waals surface area contributed by atoms with E-state index >= 15 is 0 Å². The Morgan fingerprint density at radius 2 is 2.17 bits per heavy atom. The van der Waals surface area contributed by atoms with Crippen molar-refractivity contribution >= 4 is 11.7 Å². The van der Waals surface area contributed by atoms with E-state index in [4.69, 9.17) is 11.1 Å². The molecule has 1 saturated heterocycles. The maximum absolute atomic E-state index is 7.68. The van der Waals surface area contributed by atoms with Gasteiger partial charge >= 0.3 is 0 Å². The van der Waals surface area contributed by atoms with Gasteiger partial charge in [0, 0.05) is 18.3 Å². The highest BCUT2D eigenvalue weighted by molar-refractivity contribution is 5.99. The molecule has 0 radical (unpaired) electrons. The molecular formula is C14H22N4. The number of pyridine rings is 1. The van der Waals surface area contributed by atoms with Crippen molar-refractivity contribution < 1.29 is 0 Å². The minimum Gasteiger partial charge on any atom is -0.384 e. The quantitative estimate of drug-likeness (QED) is 0.621. The first kappa shape index (κ1) is 12.9. The van der Waals surface area contributed by atoms with Crippen LogP contribution in [0.4, 0.5) is 5.82 Å². The van der Waals surface area contributed by atoms with Gasteiger partial charge in [-0.25, -0.2) is 4.98 Å². The fourth-order valence-corrected chi connectivity index (χ4v) is 2.69. The van der Waals surface area contributed by atoms with E-state index < -0.39 is 0 Å². The van der Waals surface area contributed by atoms with Crippen LogP contribution in [0.3, 0.4) is 0 Å². The largest absolute Gasteiger partial charge is 0.384 e. The van der Waals surface area contributed by atoms with Crippen LogP contribution >= 0.6 is 0 Å². The number of anilines is 1. The number of hydrogen-bond acceptors (Lipinski definition) is 3. The summed E-state index contributed by atoms with van der Waals surface area (Å²) in [7, 11) is 0. The third-order valence-corrected chi connectivity index (χ3v) is 3.71. The van der Waals surface area contributed by atoms with Crippen LogP contribution in [0, 0.1) is 18.3 Å². The van der Waals surface area contributed by atoms with E-state index in [1.165, 1.54) is 12.8 Å². The molecule has 1 aromatic heterocycles. The van der Waals surface area contributed by atoms with Gasteiger partial charge in [-0.3, -0.25) is 5.41 Å². The molecule has 0 aromatic carbocycles. The van der Waals surface area contributed by atoms with E-state index in [1.54, 1.807) is 0 Å². The van der Waals surface area contributed by atoms with Gasteiger partial charge in [0.1, 0.15) is 11.7 Å². The van der Waals surface area contributed by atoms with Gasteiger partial charge in [-0.1, -0.05) is 6.92 Å². The molecule has 0 aliphatic carbocycles. The Labute approximate surface area is 109 Å². The molecule has 4 heteroatoms. The molecule has 18 heavy (non-hydrogen) atoms. The highest BCUT2D eigenvalue weighted by Gasteiger charge is 2.26. The zero-order valence-electron chi connectivity index (χ0n) is 11.4. The maximum Gasteiger partial charge on any atom is 0.140 e. The van der Waals surface area contributed by atoms with E-state index in [2.05, 4.69) is 23.7 Å². The van der Waals surface area contributed by atoms with Crippen LogP contribution in [0.2, 0.25) is 0 Å². The second-order valence-electron chi connectivity index (χ2n) is 5.41. The zero-order chi connectivity index (χ0) is 13.3. The molecule has 1 fully saturated rings. The number of amidine groups is 1. The third-order valence-electron chi connectivity index (χ3n) is 3.71.